The lowest BCUT2D eigenvalue weighted by molar-refractivity contribution is 0.159. The van der Waals surface area contributed by atoms with Gasteiger partial charge in [-0.05, 0) is 36.2 Å². The molecule has 22 heavy (non-hydrogen) atoms. The molecule has 2 fully saturated rings. The van der Waals surface area contributed by atoms with E-state index >= 15 is 0 Å². The van der Waals surface area contributed by atoms with Crippen molar-refractivity contribution >= 4 is 22.7 Å². The summed E-state index contributed by atoms with van der Waals surface area (Å²) in [6.45, 7) is 4.82. The van der Waals surface area contributed by atoms with Crippen molar-refractivity contribution in [1.29, 1.82) is 0 Å². The predicted octanol–water partition coefficient (Wildman–Crippen LogP) is 3.23. The van der Waals surface area contributed by atoms with Crippen LogP contribution in [0.25, 0.3) is 0 Å². The number of hydrogen-bond donors (Lipinski definition) is 2. The zero-order valence-corrected chi connectivity index (χ0v) is 15.0. The average molecular weight is 340 g/mol. The third kappa shape index (κ3) is 2.61. The lowest BCUT2D eigenvalue weighted by atomic mass is 9.70. The molecule has 3 atom stereocenters. The molecule has 0 heterocycles. The van der Waals surface area contributed by atoms with E-state index in [2.05, 4.69) is 18.6 Å². The predicted molar refractivity (Wildman–Crippen MR) is 93.4 cm³/mol. The lowest BCUT2D eigenvalue weighted by Gasteiger charge is -2.40. The van der Waals surface area contributed by atoms with Gasteiger partial charge in [-0.25, -0.2) is 13.1 Å². The van der Waals surface area contributed by atoms with Gasteiger partial charge in [0, 0.05) is 17.2 Å². The third-order valence-corrected chi connectivity index (χ3v) is 8.36. The van der Waals surface area contributed by atoms with Crippen molar-refractivity contribution in [3.05, 3.63) is 35.9 Å². The van der Waals surface area contributed by atoms with Gasteiger partial charge in [-0.2, -0.15) is 12.6 Å². The van der Waals surface area contributed by atoms with Crippen LogP contribution in [0, 0.1) is 16.7 Å². The highest BCUT2D eigenvalue weighted by Crippen LogP contribution is 2.67. The Balaban J connectivity index is 1.74. The van der Waals surface area contributed by atoms with Crippen LogP contribution in [-0.4, -0.2) is 19.4 Å². The van der Waals surface area contributed by atoms with Crippen LogP contribution in [0.1, 0.15) is 38.7 Å². The fourth-order valence-electron chi connectivity index (χ4n) is 4.56. The molecule has 2 bridgehead atoms. The van der Waals surface area contributed by atoms with E-state index in [0.29, 0.717) is 12.5 Å². The second-order valence-corrected chi connectivity index (χ2v) is 9.86. The zero-order chi connectivity index (χ0) is 16.0. The molecule has 1 aromatic rings. The van der Waals surface area contributed by atoms with Crippen LogP contribution < -0.4 is 4.72 Å². The summed E-state index contributed by atoms with van der Waals surface area (Å²) in [7, 11) is -3.31. The SMILES string of the molecule is CC1(C)[C@H]2CC[C@]1(CS(=O)(=O)NCc1ccccc1)[C@H](S)C2. The molecule has 0 amide bonds. The monoisotopic (exact) mass is 339 g/mol. The molecule has 2 aliphatic rings. The van der Waals surface area contributed by atoms with Gasteiger partial charge in [0.2, 0.25) is 10.0 Å². The summed E-state index contributed by atoms with van der Waals surface area (Å²) in [5.41, 5.74) is 0.852. The Hall–Kier alpha value is -0.520. The maximum absolute atomic E-state index is 12.6. The van der Waals surface area contributed by atoms with Crippen molar-refractivity contribution in [3.63, 3.8) is 0 Å². The maximum Gasteiger partial charge on any atom is 0.212 e. The summed E-state index contributed by atoms with van der Waals surface area (Å²) in [4.78, 5) is 0. The molecule has 2 saturated carbocycles. The van der Waals surface area contributed by atoms with Gasteiger partial charge < -0.3 is 0 Å². The molecule has 2 aliphatic carbocycles. The van der Waals surface area contributed by atoms with Gasteiger partial charge in [0.25, 0.3) is 0 Å². The van der Waals surface area contributed by atoms with Crippen LogP contribution in [-0.2, 0) is 16.6 Å². The van der Waals surface area contributed by atoms with Gasteiger partial charge in [0.05, 0.1) is 5.75 Å². The summed E-state index contributed by atoms with van der Waals surface area (Å²) in [5, 5.41) is 0.189. The van der Waals surface area contributed by atoms with Crippen molar-refractivity contribution in [1.82, 2.24) is 4.72 Å². The zero-order valence-electron chi connectivity index (χ0n) is 13.2. The molecule has 0 saturated heterocycles. The number of hydrogen-bond acceptors (Lipinski definition) is 3. The first-order valence-corrected chi connectivity index (χ1v) is 10.1. The van der Waals surface area contributed by atoms with Crippen LogP contribution in [0.15, 0.2) is 30.3 Å². The molecule has 0 unspecified atom stereocenters. The number of fused-ring (bicyclic) bond motifs is 2. The van der Waals surface area contributed by atoms with Crippen LogP contribution >= 0.6 is 12.6 Å². The lowest BCUT2D eigenvalue weighted by Crippen LogP contribution is -2.45. The fraction of sp³-hybridized carbons (Fsp3) is 0.647. The van der Waals surface area contributed by atoms with E-state index in [1.165, 1.54) is 0 Å². The maximum atomic E-state index is 12.6. The minimum absolute atomic E-state index is 0.0565. The standard InChI is InChI=1S/C17H25NO2S2/c1-16(2)14-8-9-17(16,15(21)10-14)12-22(19,20)18-11-13-6-4-3-5-7-13/h3-7,14-15,18,21H,8-12H2,1-2H3/t14-,15+,17-/m0/s1. The van der Waals surface area contributed by atoms with Crippen LogP contribution in [0.3, 0.4) is 0 Å². The topological polar surface area (TPSA) is 46.2 Å². The highest BCUT2D eigenvalue weighted by Gasteiger charge is 2.64. The van der Waals surface area contributed by atoms with E-state index in [9.17, 15) is 8.42 Å². The van der Waals surface area contributed by atoms with E-state index < -0.39 is 10.0 Å². The summed E-state index contributed by atoms with van der Waals surface area (Å²) in [5.74, 6) is 0.809. The number of thiol groups is 1. The van der Waals surface area contributed by atoms with E-state index in [1.807, 2.05) is 30.3 Å². The largest absolute Gasteiger partial charge is 0.212 e. The van der Waals surface area contributed by atoms with Crippen molar-refractivity contribution in [2.45, 2.75) is 44.9 Å². The van der Waals surface area contributed by atoms with Crippen molar-refractivity contribution in [3.8, 4) is 0 Å². The van der Waals surface area contributed by atoms with E-state index in [-0.39, 0.29) is 21.8 Å². The smallest absolute Gasteiger partial charge is 0.212 e. The summed E-state index contributed by atoms with van der Waals surface area (Å²) in [6, 6.07) is 9.66. The molecular formula is C17H25NO2S2. The highest BCUT2D eigenvalue weighted by atomic mass is 32.2. The fourth-order valence-corrected chi connectivity index (χ4v) is 7.37. The molecule has 3 rings (SSSR count). The molecule has 0 aromatic heterocycles. The van der Waals surface area contributed by atoms with E-state index in [1.54, 1.807) is 0 Å². The van der Waals surface area contributed by atoms with Crippen molar-refractivity contribution in [2.75, 3.05) is 5.75 Å². The number of sulfonamides is 1. The Labute approximate surface area is 139 Å². The summed E-state index contributed by atoms with van der Waals surface area (Å²) < 4.78 is 28.0. The molecule has 0 aliphatic heterocycles. The number of nitrogens with one attached hydrogen (secondary N) is 1. The summed E-state index contributed by atoms with van der Waals surface area (Å²) in [6.07, 6.45) is 3.16. The number of rotatable bonds is 5. The summed E-state index contributed by atoms with van der Waals surface area (Å²) >= 11 is 4.75. The minimum Gasteiger partial charge on any atom is -0.212 e. The molecule has 1 aromatic carbocycles. The van der Waals surface area contributed by atoms with Gasteiger partial charge >= 0.3 is 0 Å². The Morgan fingerprint density at radius 3 is 2.50 bits per heavy atom. The first-order valence-electron chi connectivity index (χ1n) is 7.96. The van der Waals surface area contributed by atoms with Crippen LogP contribution in [0.2, 0.25) is 0 Å². The molecule has 0 spiro atoms. The van der Waals surface area contributed by atoms with Gasteiger partial charge in [-0.15, -0.1) is 0 Å². The van der Waals surface area contributed by atoms with Crippen molar-refractivity contribution < 1.29 is 8.42 Å². The van der Waals surface area contributed by atoms with Crippen molar-refractivity contribution in [2.24, 2.45) is 16.7 Å². The minimum atomic E-state index is -3.31. The second-order valence-electron chi connectivity index (χ2n) is 7.43. The first-order chi connectivity index (χ1) is 10.3. The van der Waals surface area contributed by atoms with Gasteiger partial charge in [-0.3, -0.25) is 0 Å². The Morgan fingerprint density at radius 2 is 1.95 bits per heavy atom. The highest BCUT2D eigenvalue weighted by molar-refractivity contribution is 7.89. The van der Waals surface area contributed by atoms with Gasteiger partial charge in [-0.1, -0.05) is 44.2 Å². The van der Waals surface area contributed by atoms with E-state index in [4.69, 9.17) is 12.6 Å². The Morgan fingerprint density at radius 1 is 1.27 bits per heavy atom. The normalized spacial score (nSPS) is 33.2. The van der Waals surface area contributed by atoms with Gasteiger partial charge in [0.15, 0.2) is 0 Å². The molecule has 122 valence electrons. The van der Waals surface area contributed by atoms with Gasteiger partial charge in [0.1, 0.15) is 0 Å². The number of benzene rings is 1. The molecule has 1 N–H and O–H groups in total. The quantitative estimate of drug-likeness (QED) is 0.809. The second kappa shape index (κ2) is 5.53. The van der Waals surface area contributed by atoms with Crippen LogP contribution in [0.5, 0.6) is 0 Å². The Bertz CT molecular complexity index is 642. The third-order valence-electron chi connectivity index (χ3n) is 6.18. The molecule has 5 heteroatoms. The Kier molecular flexibility index (Phi) is 4.11. The first kappa shape index (κ1) is 16.3. The molecule has 0 radical (unpaired) electrons. The van der Waals surface area contributed by atoms with E-state index in [0.717, 1.165) is 24.8 Å². The van der Waals surface area contributed by atoms with Crippen LogP contribution in [0.4, 0.5) is 0 Å². The molecule has 3 nitrogen and oxygen atoms in total. The molecular weight excluding hydrogens is 314 g/mol. The average Bonchev–Trinajstić information content (AvgIpc) is 2.80.